The lowest BCUT2D eigenvalue weighted by Gasteiger charge is -2.14. The number of halogens is 1. The van der Waals surface area contributed by atoms with Gasteiger partial charge >= 0.3 is 5.97 Å². The number of ether oxygens (including phenoxy) is 2. The van der Waals surface area contributed by atoms with Crippen LogP contribution >= 0.6 is 15.9 Å². The minimum absolute atomic E-state index is 0.0870. The highest BCUT2D eigenvalue weighted by Gasteiger charge is 2.16. The van der Waals surface area contributed by atoms with Gasteiger partial charge in [0, 0.05) is 16.3 Å². The van der Waals surface area contributed by atoms with E-state index in [0.717, 1.165) is 0 Å². The highest BCUT2D eigenvalue weighted by Crippen LogP contribution is 2.25. The van der Waals surface area contributed by atoms with Crippen molar-refractivity contribution in [2.45, 2.75) is 6.54 Å². The fourth-order valence-corrected chi connectivity index (χ4v) is 4.03. The van der Waals surface area contributed by atoms with Gasteiger partial charge in [0.2, 0.25) is 0 Å². The predicted octanol–water partition coefficient (Wildman–Crippen LogP) is 4.35. The summed E-state index contributed by atoms with van der Waals surface area (Å²) in [6.45, 7) is -0.505. The van der Waals surface area contributed by atoms with Crippen LogP contribution in [0.1, 0.15) is 10.4 Å². The molecule has 1 aromatic heterocycles. The number of methoxy groups -OCH3 is 1. The van der Waals surface area contributed by atoms with E-state index in [0.29, 0.717) is 37.6 Å². The molecule has 0 saturated carbocycles. The molecule has 1 heterocycles. The average Bonchev–Trinajstić information content (AvgIpc) is 2.80. The van der Waals surface area contributed by atoms with Crippen molar-refractivity contribution < 1.29 is 19.1 Å². The van der Waals surface area contributed by atoms with Crippen molar-refractivity contribution in [3.8, 4) is 5.75 Å². The lowest BCUT2D eigenvalue weighted by atomic mass is 10.1. The molecule has 156 valence electrons. The number of fused-ring (bicyclic) bond motifs is 2. The van der Waals surface area contributed by atoms with Crippen molar-refractivity contribution in [1.82, 2.24) is 4.57 Å². The Hall–Kier alpha value is -3.45. The van der Waals surface area contributed by atoms with E-state index >= 15 is 0 Å². The van der Waals surface area contributed by atoms with Gasteiger partial charge in [0.25, 0.3) is 0 Å². The first-order valence-electron chi connectivity index (χ1n) is 9.52. The molecule has 7 heteroatoms. The molecule has 0 saturated heterocycles. The summed E-state index contributed by atoms with van der Waals surface area (Å²) >= 11 is 3.34. The van der Waals surface area contributed by atoms with E-state index in [9.17, 15) is 14.4 Å². The number of rotatable bonds is 6. The van der Waals surface area contributed by atoms with Crippen molar-refractivity contribution >= 4 is 49.5 Å². The first-order valence-corrected chi connectivity index (χ1v) is 10.3. The van der Waals surface area contributed by atoms with Crippen molar-refractivity contribution in [2.24, 2.45) is 0 Å². The molecule has 0 fully saturated rings. The summed E-state index contributed by atoms with van der Waals surface area (Å²) in [5.74, 6) is -0.295. The standard InChI is InChI=1S/C24H18BrNO5/c1-30-22-11-10-15(12-18(22)25)21(27)14-31-23(28)13-26-19-8-4-2-6-16(19)24(29)17-7-3-5-9-20(17)26/h2-12H,13-14H2,1H3. The van der Waals surface area contributed by atoms with Gasteiger partial charge in [-0.3, -0.25) is 14.4 Å². The Morgan fingerprint density at radius 3 is 2.13 bits per heavy atom. The molecule has 0 aliphatic carbocycles. The van der Waals surface area contributed by atoms with Gasteiger partial charge in [-0.05, 0) is 58.4 Å². The predicted molar refractivity (Wildman–Crippen MR) is 122 cm³/mol. The molecule has 0 bridgehead atoms. The maximum absolute atomic E-state index is 12.8. The number of esters is 1. The minimum Gasteiger partial charge on any atom is -0.496 e. The molecular formula is C24H18BrNO5. The van der Waals surface area contributed by atoms with Crippen molar-refractivity contribution in [3.05, 3.63) is 87.0 Å². The third-order valence-electron chi connectivity index (χ3n) is 5.00. The maximum atomic E-state index is 12.8. The number of nitrogens with zero attached hydrogens (tertiary/aromatic N) is 1. The maximum Gasteiger partial charge on any atom is 0.326 e. The first kappa shape index (κ1) is 20.8. The van der Waals surface area contributed by atoms with E-state index in [1.165, 1.54) is 7.11 Å². The van der Waals surface area contributed by atoms with Crippen LogP contribution in [0.2, 0.25) is 0 Å². The monoisotopic (exact) mass is 479 g/mol. The second kappa shape index (κ2) is 8.73. The van der Waals surface area contributed by atoms with Crippen LogP contribution in [0.25, 0.3) is 21.8 Å². The summed E-state index contributed by atoms with van der Waals surface area (Å²) in [4.78, 5) is 37.8. The molecule has 3 aromatic carbocycles. The summed E-state index contributed by atoms with van der Waals surface area (Å²) in [6.07, 6.45) is 0. The van der Waals surface area contributed by atoms with Crippen LogP contribution in [0.3, 0.4) is 0 Å². The largest absolute Gasteiger partial charge is 0.496 e. The zero-order valence-corrected chi connectivity index (χ0v) is 18.2. The Bertz CT molecular complexity index is 1320. The van der Waals surface area contributed by atoms with Gasteiger partial charge in [0.1, 0.15) is 12.3 Å². The number of benzene rings is 3. The smallest absolute Gasteiger partial charge is 0.326 e. The Morgan fingerprint density at radius 1 is 0.935 bits per heavy atom. The van der Waals surface area contributed by atoms with Crippen LogP contribution in [0, 0.1) is 0 Å². The van der Waals surface area contributed by atoms with Crippen molar-refractivity contribution in [1.29, 1.82) is 0 Å². The van der Waals surface area contributed by atoms with Gasteiger partial charge in [0.15, 0.2) is 17.8 Å². The third kappa shape index (κ3) is 4.09. The fourth-order valence-electron chi connectivity index (χ4n) is 3.49. The minimum atomic E-state index is -0.570. The number of Topliss-reactive ketones (excluding diaryl/α,β-unsaturated/α-hetero) is 1. The lowest BCUT2D eigenvalue weighted by Crippen LogP contribution is -2.20. The number of hydrogen-bond acceptors (Lipinski definition) is 5. The molecule has 0 N–H and O–H groups in total. The summed E-state index contributed by atoms with van der Waals surface area (Å²) in [7, 11) is 1.54. The molecule has 31 heavy (non-hydrogen) atoms. The molecule has 0 atom stereocenters. The number of aromatic nitrogens is 1. The fraction of sp³-hybridized carbons (Fsp3) is 0.125. The van der Waals surface area contributed by atoms with E-state index in [1.807, 2.05) is 12.1 Å². The topological polar surface area (TPSA) is 74.6 Å². The SMILES string of the molecule is COc1ccc(C(=O)COC(=O)Cn2c3ccccc3c(=O)c3ccccc32)cc1Br. The molecule has 0 unspecified atom stereocenters. The quantitative estimate of drug-likeness (QED) is 0.233. The van der Waals surface area contributed by atoms with Gasteiger partial charge in [-0.1, -0.05) is 24.3 Å². The number of hydrogen-bond donors (Lipinski definition) is 0. The van der Waals surface area contributed by atoms with Crippen molar-refractivity contribution in [2.75, 3.05) is 13.7 Å². The van der Waals surface area contributed by atoms with Gasteiger partial charge in [0.05, 0.1) is 22.6 Å². The molecule has 0 aliphatic heterocycles. The zero-order valence-electron chi connectivity index (χ0n) is 16.6. The number of pyridine rings is 1. The van der Waals surface area contributed by atoms with Gasteiger partial charge in [-0.2, -0.15) is 0 Å². The molecule has 4 rings (SSSR count). The second-order valence-corrected chi connectivity index (χ2v) is 7.74. The Balaban J connectivity index is 1.57. The summed E-state index contributed by atoms with van der Waals surface area (Å²) in [6, 6.07) is 19.1. The second-order valence-electron chi connectivity index (χ2n) is 6.88. The molecule has 0 radical (unpaired) electrons. The van der Waals surface area contributed by atoms with Crippen LogP contribution in [-0.2, 0) is 16.1 Å². The molecule has 0 spiro atoms. The summed E-state index contributed by atoms with van der Waals surface area (Å²) in [5, 5.41) is 1.04. The summed E-state index contributed by atoms with van der Waals surface area (Å²) in [5.41, 5.74) is 1.58. The Kier molecular flexibility index (Phi) is 5.86. The van der Waals surface area contributed by atoms with Crippen LogP contribution < -0.4 is 10.2 Å². The third-order valence-corrected chi connectivity index (χ3v) is 5.62. The Morgan fingerprint density at radius 2 is 1.55 bits per heavy atom. The normalized spacial score (nSPS) is 10.9. The molecule has 6 nitrogen and oxygen atoms in total. The van der Waals surface area contributed by atoms with Gasteiger partial charge < -0.3 is 14.0 Å². The number of carbonyl (C=O) groups excluding carboxylic acids is 2. The highest BCUT2D eigenvalue weighted by atomic mass is 79.9. The average molecular weight is 480 g/mol. The number of carbonyl (C=O) groups is 2. The van der Waals surface area contributed by atoms with Crippen molar-refractivity contribution in [3.63, 3.8) is 0 Å². The van der Waals surface area contributed by atoms with E-state index in [-0.39, 0.29) is 24.4 Å². The van der Waals surface area contributed by atoms with E-state index < -0.39 is 5.97 Å². The van der Waals surface area contributed by atoms with E-state index in [1.54, 1.807) is 59.2 Å². The number of ketones is 1. The molecule has 4 aromatic rings. The summed E-state index contributed by atoms with van der Waals surface area (Å²) < 4.78 is 12.8. The van der Waals surface area contributed by atoms with Gasteiger partial charge in [-0.15, -0.1) is 0 Å². The van der Waals surface area contributed by atoms with Crippen LogP contribution in [0.5, 0.6) is 5.75 Å². The van der Waals surface area contributed by atoms with Gasteiger partial charge in [-0.25, -0.2) is 0 Å². The molecule has 0 aliphatic rings. The van der Waals surface area contributed by atoms with E-state index in [4.69, 9.17) is 9.47 Å². The highest BCUT2D eigenvalue weighted by molar-refractivity contribution is 9.10. The molecule has 0 amide bonds. The van der Waals surface area contributed by atoms with Crippen LogP contribution in [-0.4, -0.2) is 30.0 Å². The first-order chi connectivity index (χ1) is 15.0. The van der Waals surface area contributed by atoms with E-state index in [2.05, 4.69) is 15.9 Å². The Labute approximate surface area is 186 Å². The zero-order chi connectivity index (χ0) is 22.0. The molecular weight excluding hydrogens is 462 g/mol. The van der Waals surface area contributed by atoms with Crippen LogP contribution in [0.4, 0.5) is 0 Å². The van der Waals surface area contributed by atoms with Crippen LogP contribution in [0.15, 0.2) is 76.0 Å². The number of para-hydroxylation sites is 2. The lowest BCUT2D eigenvalue weighted by molar-refractivity contribution is -0.143.